The summed E-state index contributed by atoms with van der Waals surface area (Å²) in [5.74, 6) is 0. The fraction of sp³-hybridized carbons (Fsp3) is 0. The zero-order valence-corrected chi connectivity index (χ0v) is 74.6. The lowest BCUT2D eigenvalue weighted by Gasteiger charge is -2.28. The van der Waals surface area contributed by atoms with Crippen molar-refractivity contribution in [3.8, 4) is 66.8 Å². The molecular formula is C132H88N4. The third kappa shape index (κ3) is 14.3. The van der Waals surface area contributed by atoms with Crippen LogP contribution in [0.3, 0.4) is 0 Å². The molecule has 0 amide bonds. The Morgan fingerprint density at radius 1 is 0.103 bits per heavy atom. The number of anilines is 12. The van der Waals surface area contributed by atoms with Gasteiger partial charge in [0.1, 0.15) is 0 Å². The Balaban J connectivity index is 0.000000146. The number of hydrogen-bond acceptors (Lipinski definition) is 4. The molecule has 4 nitrogen and oxygen atoms in total. The van der Waals surface area contributed by atoms with Crippen molar-refractivity contribution in [2.75, 3.05) is 19.6 Å². The molecule has 26 aromatic carbocycles. The molecule has 4 heteroatoms. The first-order valence-electron chi connectivity index (χ1n) is 46.8. The molecule has 0 aliphatic carbocycles. The molecule has 0 saturated heterocycles. The number of para-hydroxylation sites is 8. The predicted octanol–water partition coefficient (Wildman–Crippen LogP) is 37.7. The Morgan fingerprint density at radius 2 is 0.294 bits per heavy atom. The van der Waals surface area contributed by atoms with Crippen molar-refractivity contribution in [3.05, 3.63) is 534 Å². The molecule has 0 aliphatic heterocycles. The first-order valence-corrected chi connectivity index (χ1v) is 46.8. The van der Waals surface area contributed by atoms with E-state index >= 15 is 0 Å². The van der Waals surface area contributed by atoms with Crippen molar-refractivity contribution in [2.24, 2.45) is 0 Å². The lowest BCUT2D eigenvalue weighted by Crippen LogP contribution is -2.10. The second-order valence-electron chi connectivity index (χ2n) is 35.3. The van der Waals surface area contributed by atoms with Gasteiger partial charge in [0, 0.05) is 68.2 Å². The van der Waals surface area contributed by atoms with E-state index in [0.717, 1.165) is 68.2 Å². The average molecular weight is 1730 g/mol. The Kier molecular flexibility index (Phi) is 20.3. The molecule has 0 unspecified atom stereocenters. The highest BCUT2D eigenvalue weighted by Crippen LogP contribution is 2.55. The van der Waals surface area contributed by atoms with E-state index in [9.17, 15) is 0 Å². The number of nitrogens with zero attached hydrogens (tertiary/aromatic N) is 4. The van der Waals surface area contributed by atoms with Crippen molar-refractivity contribution >= 4 is 176 Å². The van der Waals surface area contributed by atoms with E-state index in [2.05, 4.69) is 553 Å². The standard InChI is InChI=1S/C70H44N2.C62H44N2/c1-5-19-51(20-6-1)71(52-21-7-2-8-22-52)55-35-41-61-63(43-55)69(59-39-33-49-29-27-45-15-13-17-47-31-37-57(59)67(49)65(45)47)62-42-36-56(72(53-23-9-3-10-24-53)54-25-11-4-12-26-54)44-64(62)70(61)60-40-34-50-30-28-46-16-14-18-48-32-38-58(60)68(50)66(46)48;1-7-19-45(20-8-1)47-31-35-49(36-32-47)61-57-41-39-56(64(53-27-15-5-16-28-53)54-29-17-6-18-30-54)44-60(57)62(50-37-33-48(34-38-50)46-21-9-2-10-22-46)58-42-40-55(43-59(58)61)63(51-23-11-3-12-24-51)52-25-13-4-14-26-52/h1-44H;1-44H. The Bertz CT molecular complexity index is 8190. The summed E-state index contributed by atoms with van der Waals surface area (Å²) in [5, 5.41) is 24.8. The quantitative estimate of drug-likeness (QED) is 0.0627. The van der Waals surface area contributed by atoms with Gasteiger partial charge in [-0.3, -0.25) is 0 Å². The van der Waals surface area contributed by atoms with Gasteiger partial charge < -0.3 is 19.6 Å². The number of benzene rings is 26. The average Bonchev–Trinajstić information content (AvgIpc) is 0.694. The highest BCUT2D eigenvalue weighted by molar-refractivity contribution is 6.33. The minimum absolute atomic E-state index is 1.09. The maximum absolute atomic E-state index is 2.47. The summed E-state index contributed by atoms with van der Waals surface area (Å²) in [6.07, 6.45) is 0. The molecule has 0 N–H and O–H groups in total. The van der Waals surface area contributed by atoms with Crippen molar-refractivity contribution in [1.29, 1.82) is 0 Å². The van der Waals surface area contributed by atoms with Gasteiger partial charge >= 0.3 is 0 Å². The van der Waals surface area contributed by atoms with Gasteiger partial charge in [0.25, 0.3) is 0 Å². The van der Waals surface area contributed by atoms with Crippen LogP contribution in [0, 0.1) is 0 Å². The summed E-state index contributed by atoms with van der Waals surface area (Å²) in [6, 6.07) is 195. The van der Waals surface area contributed by atoms with Crippen LogP contribution in [0.1, 0.15) is 0 Å². The zero-order valence-electron chi connectivity index (χ0n) is 74.6. The van der Waals surface area contributed by atoms with Crippen molar-refractivity contribution in [1.82, 2.24) is 0 Å². The minimum atomic E-state index is 1.09. The molecule has 136 heavy (non-hydrogen) atoms. The van der Waals surface area contributed by atoms with Crippen LogP contribution in [-0.2, 0) is 0 Å². The highest BCUT2D eigenvalue weighted by atomic mass is 15.2. The highest BCUT2D eigenvalue weighted by Gasteiger charge is 2.29. The van der Waals surface area contributed by atoms with E-state index in [0.29, 0.717) is 0 Å². The molecule has 26 rings (SSSR count). The second kappa shape index (κ2) is 34.4. The topological polar surface area (TPSA) is 13.0 Å². The third-order valence-electron chi connectivity index (χ3n) is 27.5. The Labute approximate surface area is 790 Å². The normalized spacial score (nSPS) is 11.5. The van der Waals surface area contributed by atoms with Gasteiger partial charge in [0.05, 0.1) is 0 Å². The van der Waals surface area contributed by atoms with Crippen molar-refractivity contribution in [2.45, 2.75) is 0 Å². The molecule has 0 aromatic heterocycles. The maximum Gasteiger partial charge on any atom is 0.0468 e. The molecule has 0 atom stereocenters. The third-order valence-corrected chi connectivity index (χ3v) is 27.5. The second-order valence-corrected chi connectivity index (χ2v) is 35.3. The Morgan fingerprint density at radius 3 is 0.551 bits per heavy atom. The van der Waals surface area contributed by atoms with E-state index in [-0.39, 0.29) is 0 Å². The van der Waals surface area contributed by atoms with Crippen LogP contribution in [-0.4, -0.2) is 0 Å². The summed E-state index contributed by atoms with van der Waals surface area (Å²) in [7, 11) is 0. The van der Waals surface area contributed by atoms with E-state index in [1.165, 1.54) is 174 Å². The lowest BCUT2D eigenvalue weighted by atomic mass is 9.81. The van der Waals surface area contributed by atoms with Gasteiger partial charge in [0.15, 0.2) is 0 Å². The van der Waals surface area contributed by atoms with Gasteiger partial charge in [-0.25, -0.2) is 0 Å². The fourth-order valence-electron chi connectivity index (χ4n) is 21.4. The number of fused-ring (bicyclic) bond motifs is 4. The summed E-state index contributed by atoms with van der Waals surface area (Å²) in [5.41, 5.74) is 27.6. The van der Waals surface area contributed by atoms with E-state index < -0.39 is 0 Å². The largest absolute Gasteiger partial charge is 0.310 e. The Hall–Kier alpha value is -18.0. The van der Waals surface area contributed by atoms with Gasteiger partial charge in [-0.05, 0) is 320 Å². The van der Waals surface area contributed by atoms with Gasteiger partial charge in [-0.2, -0.15) is 0 Å². The minimum Gasteiger partial charge on any atom is -0.310 e. The molecule has 0 heterocycles. The predicted molar refractivity (Wildman–Crippen MR) is 582 cm³/mol. The summed E-state index contributed by atoms with van der Waals surface area (Å²) in [4.78, 5) is 9.52. The summed E-state index contributed by atoms with van der Waals surface area (Å²) < 4.78 is 0. The van der Waals surface area contributed by atoms with Crippen LogP contribution in [0.4, 0.5) is 68.2 Å². The SMILES string of the molecule is c1ccc(-c2ccc(-c3c4ccc(N(c5ccccc5)c5ccccc5)cc4c(-c4ccc(-c5ccccc5)cc4)c4ccc(N(c5ccccc5)c5ccccc5)cc34)cc2)cc1.c1ccc(N(c2ccccc2)c2ccc3c(-c4ccc5ccc6cccc7ccc4c5c67)c4cc(N(c5ccccc5)c5ccccc5)ccc4c(-c4ccc5ccc6cccc7ccc4c5c67)c3c2)cc1. The first kappa shape index (κ1) is 80.1. The lowest BCUT2D eigenvalue weighted by molar-refractivity contribution is 1.29. The molecule has 0 saturated carbocycles. The van der Waals surface area contributed by atoms with Crippen LogP contribution in [0.5, 0.6) is 0 Å². The van der Waals surface area contributed by atoms with Crippen LogP contribution in [0.2, 0.25) is 0 Å². The van der Waals surface area contributed by atoms with E-state index in [4.69, 9.17) is 0 Å². The van der Waals surface area contributed by atoms with E-state index in [1.807, 2.05) is 0 Å². The number of rotatable bonds is 18. The maximum atomic E-state index is 2.47. The van der Waals surface area contributed by atoms with Gasteiger partial charge in [0.2, 0.25) is 0 Å². The fourth-order valence-corrected chi connectivity index (χ4v) is 21.4. The van der Waals surface area contributed by atoms with Crippen molar-refractivity contribution in [3.63, 3.8) is 0 Å². The molecule has 636 valence electrons. The van der Waals surface area contributed by atoms with Crippen LogP contribution >= 0.6 is 0 Å². The first-order chi connectivity index (χ1) is 67.5. The monoisotopic (exact) mass is 1730 g/mol. The number of hydrogen-bond donors (Lipinski definition) is 0. The summed E-state index contributed by atoms with van der Waals surface area (Å²) >= 11 is 0. The molecule has 0 bridgehead atoms. The van der Waals surface area contributed by atoms with E-state index in [1.54, 1.807) is 0 Å². The van der Waals surface area contributed by atoms with Gasteiger partial charge in [-0.15, -0.1) is 0 Å². The smallest absolute Gasteiger partial charge is 0.0468 e. The zero-order chi connectivity index (χ0) is 89.9. The van der Waals surface area contributed by atoms with Crippen LogP contribution < -0.4 is 19.6 Å². The molecule has 26 aromatic rings. The molecular weight excluding hydrogens is 1640 g/mol. The van der Waals surface area contributed by atoms with Crippen molar-refractivity contribution < 1.29 is 0 Å². The van der Waals surface area contributed by atoms with Gasteiger partial charge in [-0.1, -0.05) is 388 Å². The molecule has 0 fully saturated rings. The molecule has 0 aliphatic rings. The molecule has 0 spiro atoms. The van der Waals surface area contributed by atoms with Crippen LogP contribution in [0.15, 0.2) is 534 Å². The van der Waals surface area contributed by atoms with Crippen LogP contribution in [0.25, 0.3) is 174 Å². The summed E-state index contributed by atoms with van der Waals surface area (Å²) in [6.45, 7) is 0. The molecule has 0 radical (unpaired) electrons.